The topological polar surface area (TPSA) is 40.2 Å². The second-order valence-electron chi connectivity index (χ2n) is 4.44. The number of aromatic nitrogens is 1. The Bertz CT molecular complexity index is 488. The molecular formula is C14H20N2O. The molecule has 0 aliphatic rings. The lowest BCUT2D eigenvalue weighted by molar-refractivity contribution is 0.0908. The van der Waals surface area contributed by atoms with E-state index in [1.54, 1.807) is 0 Å². The Labute approximate surface area is 102 Å². The summed E-state index contributed by atoms with van der Waals surface area (Å²) >= 11 is 0. The Hall–Kier alpha value is -1.32. The van der Waals surface area contributed by atoms with Gasteiger partial charge in [0.1, 0.15) is 6.73 Å². The van der Waals surface area contributed by atoms with E-state index in [4.69, 9.17) is 10.5 Å². The highest BCUT2D eigenvalue weighted by Crippen LogP contribution is 2.21. The lowest BCUT2D eigenvalue weighted by atomic mass is 10.0. The molecule has 2 rings (SSSR count). The van der Waals surface area contributed by atoms with Crippen LogP contribution in [-0.4, -0.2) is 17.2 Å². The molecule has 0 saturated heterocycles. The minimum Gasteiger partial charge on any atom is -0.361 e. The van der Waals surface area contributed by atoms with Gasteiger partial charge in [-0.05, 0) is 37.3 Å². The molecule has 0 aliphatic heterocycles. The standard InChI is InChI=1S/C14H20N2O/c1-3-17-10-16-8-7-12-5-4-6-13(14(12)16)9-11(2)15/h4-8,11H,3,9-10,15H2,1-2H3. The second-order valence-corrected chi connectivity index (χ2v) is 4.44. The molecule has 0 spiro atoms. The number of hydrogen-bond acceptors (Lipinski definition) is 2. The van der Waals surface area contributed by atoms with Gasteiger partial charge in [-0.3, -0.25) is 0 Å². The Morgan fingerprint density at radius 1 is 1.35 bits per heavy atom. The van der Waals surface area contributed by atoms with Crippen molar-refractivity contribution in [2.75, 3.05) is 6.61 Å². The van der Waals surface area contributed by atoms with Gasteiger partial charge in [-0.1, -0.05) is 18.2 Å². The van der Waals surface area contributed by atoms with Crippen LogP contribution >= 0.6 is 0 Å². The van der Waals surface area contributed by atoms with Crippen molar-refractivity contribution in [1.82, 2.24) is 4.57 Å². The zero-order valence-electron chi connectivity index (χ0n) is 10.5. The van der Waals surface area contributed by atoms with Crippen molar-refractivity contribution in [2.45, 2.75) is 33.0 Å². The van der Waals surface area contributed by atoms with Crippen LogP contribution in [0.5, 0.6) is 0 Å². The molecule has 1 aromatic heterocycles. The molecule has 0 aliphatic carbocycles. The number of benzene rings is 1. The maximum Gasteiger partial charge on any atom is 0.122 e. The van der Waals surface area contributed by atoms with E-state index in [0.29, 0.717) is 6.73 Å². The summed E-state index contributed by atoms with van der Waals surface area (Å²) in [6.07, 6.45) is 2.97. The van der Waals surface area contributed by atoms with Gasteiger partial charge in [0.15, 0.2) is 0 Å². The van der Waals surface area contributed by atoms with Gasteiger partial charge < -0.3 is 15.0 Å². The van der Waals surface area contributed by atoms with E-state index >= 15 is 0 Å². The van der Waals surface area contributed by atoms with Gasteiger partial charge >= 0.3 is 0 Å². The van der Waals surface area contributed by atoms with Crippen molar-refractivity contribution in [3.8, 4) is 0 Å². The van der Waals surface area contributed by atoms with Crippen LogP contribution in [-0.2, 0) is 17.9 Å². The fourth-order valence-electron chi connectivity index (χ4n) is 2.15. The number of rotatable bonds is 5. The largest absolute Gasteiger partial charge is 0.361 e. The van der Waals surface area contributed by atoms with Gasteiger partial charge in [0.05, 0.1) is 5.52 Å². The van der Waals surface area contributed by atoms with Gasteiger partial charge in [-0.2, -0.15) is 0 Å². The first-order chi connectivity index (χ1) is 8.22. The zero-order chi connectivity index (χ0) is 12.3. The number of ether oxygens (including phenoxy) is 1. The molecule has 17 heavy (non-hydrogen) atoms. The number of nitrogens with zero attached hydrogens (tertiary/aromatic N) is 1. The van der Waals surface area contributed by atoms with E-state index in [0.717, 1.165) is 13.0 Å². The van der Waals surface area contributed by atoms with Crippen LogP contribution in [0.15, 0.2) is 30.5 Å². The summed E-state index contributed by atoms with van der Waals surface area (Å²) in [5, 5.41) is 1.25. The number of hydrogen-bond donors (Lipinski definition) is 1. The van der Waals surface area contributed by atoms with Crippen LogP contribution in [0.1, 0.15) is 19.4 Å². The average molecular weight is 232 g/mol. The molecule has 2 aromatic rings. The van der Waals surface area contributed by atoms with Crippen LogP contribution in [0.25, 0.3) is 10.9 Å². The molecule has 0 bridgehead atoms. The van der Waals surface area contributed by atoms with Crippen molar-refractivity contribution in [1.29, 1.82) is 0 Å². The van der Waals surface area contributed by atoms with Crippen molar-refractivity contribution in [3.63, 3.8) is 0 Å². The maximum absolute atomic E-state index is 5.89. The van der Waals surface area contributed by atoms with Crippen LogP contribution in [0.2, 0.25) is 0 Å². The highest BCUT2D eigenvalue weighted by Gasteiger charge is 2.07. The third kappa shape index (κ3) is 2.68. The molecule has 0 saturated carbocycles. The van der Waals surface area contributed by atoms with E-state index in [-0.39, 0.29) is 6.04 Å². The van der Waals surface area contributed by atoms with Crippen molar-refractivity contribution >= 4 is 10.9 Å². The minimum absolute atomic E-state index is 0.177. The smallest absolute Gasteiger partial charge is 0.122 e. The molecule has 2 N–H and O–H groups in total. The Balaban J connectivity index is 2.40. The monoisotopic (exact) mass is 232 g/mol. The SMILES string of the molecule is CCOCn1ccc2cccc(CC(C)N)c21. The molecule has 1 heterocycles. The first-order valence-corrected chi connectivity index (χ1v) is 6.12. The van der Waals surface area contributed by atoms with E-state index in [9.17, 15) is 0 Å². The average Bonchev–Trinajstić information content (AvgIpc) is 2.70. The molecule has 3 nitrogen and oxygen atoms in total. The first-order valence-electron chi connectivity index (χ1n) is 6.12. The third-order valence-corrected chi connectivity index (χ3v) is 2.85. The molecule has 1 unspecified atom stereocenters. The number of para-hydroxylation sites is 1. The summed E-state index contributed by atoms with van der Waals surface area (Å²) in [6, 6.07) is 8.66. The van der Waals surface area contributed by atoms with E-state index in [1.165, 1.54) is 16.5 Å². The molecule has 3 heteroatoms. The van der Waals surface area contributed by atoms with Gasteiger partial charge in [0, 0.05) is 18.8 Å². The molecule has 92 valence electrons. The summed E-state index contributed by atoms with van der Waals surface area (Å²) in [4.78, 5) is 0. The highest BCUT2D eigenvalue weighted by atomic mass is 16.5. The van der Waals surface area contributed by atoms with Crippen LogP contribution < -0.4 is 5.73 Å². The summed E-state index contributed by atoms with van der Waals surface area (Å²) < 4.78 is 7.63. The Morgan fingerprint density at radius 3 is 2.88 bits per heavy atom. The van der Waals surface area contributed by atoms with Crippen LogP contribution in [0.3, 0.4) is 0 Å². The number of nitrogens with two attached hydrogens (primary N) is 1. The summed E-state index contributed by atoms with van der Waals surface area (Å²) in [5.41, 5.74) is 8.44. The summed E-state index contributed by atoms with van der Waals surface area (Å²) in [7, 11) is 0. The second kappa shape index (κ2) is 5.34. The maximum atomic E-state index is 5.89. The van der Waals surface area contributed by atoms with E-state index < -0.39 is 0 Å². The Kier molecular flexibility index (Phi) is 3.82. The van der Waals surface area contributed by atoms with Gasteiger partial charge in [0.2, 0.25) is 0 Å². The molecule has 1 atom stereocenters. The predicted molar refractivity (Wildman–Crippen MR) is 70.9 cm³/mol. The summed E-state index contributed by atoms with van der Waals surface area (Å²) in [5.74, 6) is 0. The third-order valence-electron chi connectivity index (χ3n) is 2.85. The summed E-state index contributed by atoms with van der Waals surface area (Å²) in [6.45, 7) is 5.38. The predicted octanol–water partition coefficient (Wildman–Crippen LogP) is 2.52. The Morgan fingerprint density at radius 2 is 2.18 bits per heavy atom. The van der Waals surface area contributed by atoms with Crippen LogP contribution in [0, 0.1) is 0 Å². The molecule has 0 amide bonds. The molecule has 1 aromatic carbocycles. The fourth-order valence-corrected chi connectivity index (χ4v) is 2.15. The number of fused-ring (bicyclic) bond motifs is 1. The normalized spacial score (nSPS) is 13.1. The van der Waals surface area contributed by atoms with Crippen molar-refractivity contribution in [2.24, 2.45) is 5.73 Å². The van der Waals surface area contributed by atoms with E-state index in [1.807, 2.05) is 13.8 Å². The lowest BCUT2D eigenvalue weighted by Crippen LogP contribution is -2.18. The fraction of sp³-hybridized carbons (Fsp3) is 0.429. The minimum atomic E-state index is 0.177. The van der Waals surface area contributed by atoms with Crippen molar-refractivity contribution in [3.05, 3.63) is 36.0 Å². The van der Waals surface area contributed by atoms with Crippen LogP contribution in [0.4, 0.5) is 0 Å². The zero-order valence-corrected chi connectivity index (χ0v) is 10.5. The van der Waals surface area contributed by atoms with E-state index in [2.05, 4.69) is 35.0 Å². The molecular weight excluding hydrogens is 212 g/mol. The van der Waals surface area contributed by atoms with Gasteiger partial charge in [0.25, 0.3) is 0 Å². The van der Waals surface area contributed by atoms with Gasteiger partial charge in [-0.15, -0.1) is 0 Å². The quantitative estimate of drug-likeness (QED) is 0.860. The highest BCUT2D eigenvalue weighted by molar-refractivity contribution is 5.83. The van der Waals surface area contributed by atoms with Crippen molar-refractivity contribution < 1.29 is 4.74 Å². The van der Waals surface area contributed by atoms with Gasteiger partial charge in [-0.25, -0.2) is 0 Å². The molecule has 0 radical (unpaired) electrons. The first kappa shape index (κ1) is 12.1. The lowest BCUT2D eigenvalue weighted by Gasteiger charge is -2.11. The molecule has 0 fully saturated rings.